The maximum absolute atomic E-state index is 10.7. The van der Waals surface area contributed by atoms with Crippen LogP contribution in [0.3, 0.4) is 0 Å². The number of hydrogen-bond donors (Lipinski definition) is 0. The van der Waals surface area contributed by atoms with Crippen molar-refractivity contribution in [1.82, 2.24) is 9.78 Å². The zero-order valence-corrected chi connectivity index (χ0v) is 10.1. The van der Waals surface area contributed by atoms with Gasteiger partial charge in [-0.1, -0.05) is 18.2 Å². The van der Waals surface area contributed by atoms with Crippen LogP contribution in [0.2, 0.25) is 0 Å². The van der Waals surface area contributed by atoms with Crippen LogP contribution < -0.4 is 4.74 Å². The highest BCUT2D eigenvalue weighted by atomic mass is 16.8. The van der Waals surface area contributed by atoms with E-state index in [1.54, 1.807) is 10.7 Å². The average Bonchev–Trinajstić information content (AvgIpc) is 3.06. The van der Waals surface area contributed by atoms with Gasteiger partial charge in [0.1, 0.15) is 13.2 Å². The van der Waals surface area contributed by atoms with E-state index >= 15 is 0 Å². The summed E-state index contributed by atoms with van der Waals surface area (Å²) in [5, 5.41) is 4.27. The van der Waals surface area contributed by atoms with Gasteiger partial charge in [0, 0.05) is 12.3 Å². The summed E-state index contributed by atoms with van der Waals surface area (Å²) in [6.07, 6.45) is 0.791. The monoisotopic (exact) mass is 260 g/mol. The van der Waals surface area contributed by atoms with E-state index in [4.69, 9.17) is 9.47 Å². The molecule has 1 saturated heterocycles. The summed E-state index contributed by atoms with van der Waals surface area (Å²) in [5.41, 5.74) is 0.952. The van der Waals surface area contributed by atoms with Gasteiger partial charge in [-0.05, 0) is 12.1 Å². The van der Waals surface area contributed by atoms with Gasteiger partial charge in [0.05, 0.1) is 5.69 Å². The van der Waals surface area contributed by atoms with E-state index in [2.05, 4.69) is 9.84 Å². The predicted octanol–water partition coefficient (Wildman–Crippen LogP) is 1.79. The number of carbonyl (C=O) groups excluding carboxylic acids is 1. The molecule has 98 valence electrons. The SMILES string of the molecule is O=C1OCC(COc2ccn(-c3ccccc3)n2)O1. The molecule has 0 amide bonds. The summed E-state index contributed by atoms with van der Waals surface area (Å²) in [6.45, 7) is 0.454. The Morgan fingerprint density at radius 2 is 2.16 bits per heavy atom. The molecule has 1 atom stereocenters. The van der Waals surface area contributed by atoms with Gasteiger partial charge < -0.3 is 14.2 Å². The number of hydrogen-bond acceptors (Lipinski definition) is 5. The summed E-state index contributed by atoms with van der Waals surface area (Å²) < 4.78 is 16.7. The molecule has 1 aliphatic rings. The van der Waals surface area contributed by atoms with Gasteiger partial charge in [-0.2, -0.15) is 0 Å². The molecule has 0 bridgehead atoms. The van der Waals surface area contributed by atoms with Crippen molar-refractivity contribution in [2.75, 3.05) is 13.2 Å². The second kappa shape index (κ2) is 5.01. The maximum atomic E-state index is 10.7. The van der Waals surface area contributed by atoms with Gasteiger partial charge in [-0.3, -0.25) is 0 Å². The highest BCUT2D eigenvalue weighted by molar-refractivity contribution is 5.61. The van der Waals surface area contributed by atoms with Crippen LogP contribution in [0.25, 0.3) is 5.69 Å². The molecule has 3 rings (SSSR count). The number of ether oxygens (including phenoxy) is 3. The number of aromatic nitrogens is 2. The van der Waals surface area contributed by atoms with Gasteiger partial charge in [-0.25, -0.2) is 9.48 Å². The summed E-state index contributed by atoms with van der Waals surface area (Å²) in [7, 11) is 0. The van der Waals surface area contributed by atoms with Crippen LogP contribution in [0.1, 0.15) is 0 Å². The van der Waals surface area contributed by atoms with Gasteiger partial charge >= 0.3 is 6.16 Å². The lowest BCUT2D eigenvalue weighted by molar-refractivity contribution is 0.0970. The van der Waals surface area contributed by atoms with Gasteiger partial charge in [0.15, 0.2) is 6.10 Å². The molecular weight excluding hydrogens is 248 g/mol. The third-order valence-corrected chi connectivity index (χ3v) is 2.65. The Morgan fingerprint density at radius 1 is 1.32 bits per heavy atom. The van der Waals surface area contributed by atoms with Crippen molar-refractivity contribution in [2.24, 2.45) is 0 Å². The summed E-state index contributed by atoms with van der Waals surface area (Å²) in [6, 6.07) is 11.5. The maximum Gasteiger partial charge on any atom is 0.508 e. The van der Waals surface area contributed by atoms with E-state index in [-0.39, 0.29) is 19.3 Å². The second-order valence-electron chi connectivity index (χ2n) is 4.05. The topological polar surface area (TPSA) is 62.6 Å². The minimum atomic E-state index is -0.650. The molecule has 0 radical (unpaired) electrons. The van der Waals surface area contributed by atoms with Crippen molar-refractivity contribution in [3.63, 3.8) is 0 Å². The molecule has 1 aliphatic heterocycles. The minimum absolute atomic E-state index is 0.220. The van der Waals surface area contributed by atoms with E-state index < -0.39 is 6.16 Å². The van der Waals surface area contributed by atoms with Crippen molar-refractivity contribution in [1.29, 1.82) is 0 Å². The van der Waals surface area contributed by atoms with Crippen molar-refractivity contribution in [3.05, 3.63) is 42.6 Å². The number of carbonyl (C=O) groups is 1. The first-order chi connectivity index (χ1) is 9.31. The number of benzene rings is 1. The zero-order valence-electron chi connectivity index (χ0n) is 10.1. The molecule has 1 fully saturated rings. The van der Waals surface area contributed by atoms with E-state index in [1.807, 2.05) is 36.5 Å². The van der Waals surface area contributed by atoms with E-state index in [0.29, 0.717) is 5.88 Å². The Balaban J connectivity index is 1.61. The van der Waals surface area contributed by atoms with Crippen LogP contribution in [-0.4, -0.2) is 35.3 Å². The normalized spacial score (nSPS) is 17.9. The van der Waals surface area contributed by atoms with Crippen LogP contribution in [0.15, 0.2) is 42.6 Å². The molecule has 6 nitrogen and oxygen atoms in total. The number of nitrogens with zero attached hydrogens (tertiary/aromatic N) is 2. The lowest BCUT2D eigenvalue weighted by atomic mass is 10.3. The fourth-order valence-electron chi connectivity index (χ4n) is 1.73. The first-order valence-corrected chi connectivity index (χ1v) is 5.88. The molecule has 6 heteroatoms. The quantitative estimate of drug-likeness (QED) is 0.784. The summed E-state index contributed by atoms with van der Waals surface area (Å²) in [5.74, 6) is 0.479. The smallest absolute Gasteiger partial charge is 0.473 e. The Kier molecular flexibility index (Phi) is 3.06. The highest BCUT2D eigenvalue weighted by Crippen LogP contribution is 2.13. The van der Waals surface area contributed by atoms with Gasteiger partial charge in [-0.15, -0.1) is 5.10 Å². The van der Waals surface area contributed by atoms with E-state index in [1.165, 1.54) is 0 Å². The molecule has 0 N–H and O–H groups in total. The summed E-state index contributed by atoms with van der Waals surface area (Å²) in [4.78, 5) is 10.7. The average molecular weight is 260 g/mol. The van der Waals surface area contributed by atoms with Gasteiger partial charge in [0.25, 0.3) is 0 Å². The Labute approximate surface area is 109 Å². The van der Waals surface area contributed by atoms with Crippen LogP contribution in [0.5, 0.6) is 5.88 Å². The number of rotatable bonds is 4. The first kappa shape index (κ1) is 11.6. The van der Waals surface area contributed by atoms with Crippen molar-refractivity contribution >= 4 is 6.16 Å². The molecule has 1 unspecified atom stereocenters. The minimum Gasteiger partial charge on any atom is -0.473 e. The molecular formula is C13H12N2O4. The fourth-order valence-corrected chi connectivity index (χ4v) is 1.73. The van der Waals surface area contributed by atoms with Crippen molar-refractivity contribution in [3.8, 4) is 11.6 Å². The largest absolute Gasteiger partial charge is 0.508 e. The lowest BCUT2D eigenvalue weighted by Gasteiger charge is -2.06. The van der Waals surface area contributed by atoms with Crippen LogP contribution >= 0.6 is 0 Å². The van der Waals surface area contributed by atoms with Crippen LogP contribution in [-0.2, 0) is 9.47 Å². The van der Waals surface area contributed by atoms with Crippen molar-refractivity contribution in [2.45, 2.75) is 6.10 Å². The molecule has 0 aliphatic carbocycles. The molecule has 2 heterocycles. The number of para-hydroxylation sites is 1. The third kappa shape index (κ3) is 2.67. The third-order valence-electron chi connectivity index (χ3n) is 2.65. The molecule has 0 saturated carbocycles. The van der Waals surface area contributed by atoms with Crippen molar-refractivity contribution < 1.29 is 19.0 Å². The first-order valence-electron chi connectivity index (χ1n) is 5.88. The van der Waals surface area contributed by atoms with Gasteiger partial charge in [0.2, 0.25) is 5.88 Å². The lowest BCUT2D eigenvalue weighted by Crippen LogP contribution is -2.20. The Bertz CT molecular complexity index is 567. The molecule has 1 aromatic heterocycles. The molecule has 2 aromatic rings. The molecule has 1 aromatic carbocycles. The van der Waals surface area contributed by atoms with Crippen LogP contribution in [0, 0.1) is 0 Å². The van der Waals surface area contributed by atoms with Crippen LogP contribution in [0.4, 0.5) is 4.79 Å². The van der Waals surface area contributed by atoms with E-state index in [0.717, 1.165) is 5.69 Å². The Morgan fingerprint density at radius 3 is 2.89 bits per heavy atom. The number of cyclic esters (lactones) is 2. The standard InChI is InChI=1S/C13H12N2O4/c16-13-18-9-11(19-13)8-17-12-6-7-15(14-12)10-4-2-1-3-5-10/h1-7,11H,8-9H2. The predicted molar refractivity (Wildman–Crippen MR) is 65.3 cm³/mol. The highest BCUT2D eigenvalue weighted by Gasteiger charge is 2.25. The second-order valence-corrected chi connectivity index (χ2v) is 4.05. The van der Waals surface area contributed by atoms with E-state index in [9.17, 15) is 4.79 Å². The molecule has 19 heavy (non-hydrogen) atoms. The summed E-state index contributed by atoms with van der Waals surface area (Å²) >= 11 is 0. The zero-order chi connectivity index (χ0) is 13.1. The Hall–Kier alpha value is -2.50. The fraction of sp³-hybridized carbons (Fsp3) is 0.231. The molecule has 0 spiro atoms.